The zero-order chi connectivity index (χ0) is 15.6. The van der Waals surface area contributed by atoms with Crippen LogP contribution < -0.4 is 4.90 Å². The first kappa shape index (κ1) is 15.4. The van der Waals surface area contributed by atoms with E-state index < -0.39 is 16.4 Å². The number of anilines is 1. The lowest BCUT2D eigenvalue weighted by atomic mass is 10.1. The molecule has 2 rings (SSSR count). The van der Waals surface area contributed by atoms with Crippen LogP contribution in [0.15, 0.2) is 18.2 Å². The second kappa shape index (κ2) is 6.21. The van der Waals surface area contributed by atoms with Gasteiger partial charge < -0.3 is 4.90 Å². The molecule has 1 heterocycles. The van der Waals surface area contributed by atoms with Gasteiger partial charge in [-0.2, -0.15) is 4.39 Å². The Morgan fingerprint density at radius 3 is 2.86 bits per heavy atom. The Morgan fingerprint density at radius 1 is 1.57 bits per heavy atom. The van der Waals surface area contributed by atoms with Crippen molar-refractivity contribution in [2.45, 2.75) is 13.3 Å². The van der Waals surface area contributed by atoms with E-state index in [0.717, 1.165) is 23.9 Å². The first-order valence-electron chi connectivity index (χ1n) is 6.26. The van der Waals surface area contributed by atoms with Crippen molar-refractivity contribution in [1.82, 2.24) is 0 Å². The van der Waals surface area contributed by atoms with Crippen molar-refractivity contribution in [1.29, 1.82) is 0 Å². The highest BCUT2D eigenvalue weighted by Gasteiger charge is 2.31. The first-order valence-corrected chi connectivity index (χ1v) is 7.24. The van der Waals surface area contributed by atoms with Crippen LogP contribution in [0.2, 0.25) is 0 Å². The van der Waals surface area contributed by atoms with Gasteiger partial charge in [-0.1, -0.05) is 11.8 Å². The number of nitro groups is 1. The van der Waals surface area contributed by atoms with Crippen molar-refractivity contribution >= 4 is 34.2 Å². The number of halogens is 1. The topological polar surface area (TPSA) is 80.5 Å². The lowest BCUT2D eigenvalue weighted by Crippen LogP contribution is -2.24. The molecule has 6 nitrogen and oxygen atoms in total. The van der Waals surface area contributed by atoms with Crippen LogP contribution in [-0.4, -0.2) is 28.2 Å². The fourth-order valence-electron chi connectivity index (χ4n) is 2.19. The lowest BCUT2D eigenvalue weighted by molar-refractivity contribution is -0.387. The molecule has 1 saturated heterocycles. The summed E-state index contributed by atoms with van der Waals surface area (Å²) in [7, 11) is 0. The molecule has 21 heavy (non-hydrogen) atoms. The number of carbonyl (C=O) groups excluding carboxylic acids is 2. The molecule has 112 valence electrons. The van der Waals surface area contributed by atoms with Crippen molar-refractivity contribution in [3.63, 3.8) is 0 Å². The van der Waals surface area contributed by atoms with Gasteiger partial charge in [-0.3, -0.25) is 19.7 Å². The second-order valence-corrected chi connectivity index (χ2v) is 5.97. The first-order chi connectivity index (χ1) is 9.88. The third kappa shape index (κ3) is 3.57. The molecular weight excluding hydrogens is 299 g/mol. The standard InChI is InChI=1S/C13H13FN2O4S/c1-8(17)21-7-9-4-13(18)15(6-9)10-2-3-12(16(19)20)11(14)5-10/h2-3,5,9H,4,6-7H2,1H3. The summed E-state index contributed by atoms with van der Waals surface area (Å²) in [6, 6.07) is 3.41. The van der Waals surface area contributed by atoms with E-state index in [4.69, 9.17) is 0 Å². The number of thioether (sulfide) groups is 1. The van der Waals surface area contributed by atoms with Gasteiger partial charge >= 0.3 is 5.69 Å². The minimum atomic E-state index is -0.966. The van der Waals surface area contributed by atoms with Gasteiger partial charge in [0, 0.05) is 43.5 Å². The molecule has 1 amide bonds. The summed E-state index contributed by atoms with van der Waals surface area (Å²) in [6.45, 7) is 1.85. The molecule has 0 radical (unpaired) electrons. The van der Waals surface area contributed by atoms with Crippen molar-refractivity contribution in [2.24, 2.45) is 5.92 Å². The molecule has 0 spiro atoms. The predicted molar refractivity (Wildman–Crippen MR) is 76.7 cm³/mol. The summed E-state index contributed by atoms with van der Waals surface area (Å²) >= 11 is 1.16. The van der Waals surface area contributed by atoms with Crippen LogP contribution >= 0.6 is 11.8 Å². The van der Waals surface area contributed by atoms with E-state index in [1.807, 2.05) is 0 Å². The lowest BCUT2D eigenvalue weighted by Gasteiger charge is -2.16. The summed E-state index contributed by atoms with van der Waals surface area (Å²) in [5.41, 5.74) is -0.312. The Kier molecular flexibility index (Phi) is 4.56. The van der Waals surface area contributed by atoms with Crippen LogP contribution in [0.1, 0.15) is 13.3 Å². The maximum atomic E-state index is 13.6. The van der Waals surface area contributed by atoms with Crippen LogP contribution in [0.3, 0.4) is 0 Å². The molecule has 0 N–H and O–H groups in total. The average Bonchev–Trinajstić information content (AvgIpc) is 2.77. The summed E-state index contributed by atoms with van der Waals surface area (Å²) in [6.07, 6.45) is 0.291. The molecule has 0 aliphatic carbocycles. The smallest absolute Gasteiger partial charge is 0.304 e. The number of amides is 1. The number of hydrogen-bond donors (Lipinski definition) is 0. The van der Waals surface area contributed by atoms with Crippen LogP contribution in [-0.2, 0) is 9.59 Å². The van der Waals surface area contributed by atoms with Crippen LogP contribution in [0.5, 0.6) is 0 Å². The van der Waals surface area contributed by atoms with Crippen LogP contribution in [0, 0.1) is 21.8 Å². The van der Waals surface area contributed by atoms with Gasteiger partial charge in [0.1, 0.15) is 0 Å². The number of hydrogen-bond acceptors (Lipinski definition) is 5. The molecule has 1 unspecified atom stereocenters. The van der Waals surface area contributed by atoms with Crippen molar-refractivity contribution in [2.75, 3.05) is 17.2 Å². The third-order valence-electron chi connectivity index (χ3n) is 3.17. The van der Waals surface area contributed by atoms with Gasteiger partial charge in [-0.15, -0.1) is 0 Å². The van der Waals surface area contributed by atoms with E-state index >= 15 is 0 Å². The molecule has 1 aliphatic rings. The maximum absolute atomic E-state index is 13.6. The molecule has 0 saturated carbocycles. The number of benzene rings is 1. The van der Waals surface area contributed by atoms with E-state index in [-0.39, 0.29) is 16.9 Å². The number of carbonyl (C=O) groups is 2. The molecular formula is C13H13FN2O4S. The van der Waals surface area contributed by atoms with E-state index in [9.17, 15) is 24.1 Å². The fourth-order valence-corrected chi connectivity index (χ4v) is 2.88. The summed E-state index contributed by atoms with van der Waals surface area (Å²) in [5.74, 6) is -0.582. The zero-order valence-electron chi connectivity index (χ0n) is 11.2. The molecule has 0 aromatic heterocycles. The summed E-state index contributed by atoms with van der Waals surface area (Å²) in [5, 5.41) is 10.6. The Morgan fingerprint density at radius 2 is 2.29 bits per heavy atom. The third-order valence-corrected chi connectivity index (χ3v) is 4.21. The normalized spacial score (nSPS) is 18.1. The van der Waals surface area contributed by atoms with Crippen molar-refractivity contribution in [3.05, 3.63) is 34.1 Å². The van der Waals surface area contributed by atoms with Gasteiger partial charge in [0.2, 0.25) is 11.7 Å². The molecule has 8 heteroatoms. The Hall–Kier alpha value is -1.96. The molecule has 0 bridgehead atoms. The van der Waals surface area contributed by atoms with Gasteiger partial charge in [-0.05, 0) is 12.0 Å². The molecule has 1 atom stereocenters. The summed E-state index contributed by atoms with van der Waals surface area (Å²) in [4.78, 5) is 34.0. The Labute approximate surface area is 124 Å². The number of rotatable bonds is 4. The van der Waals surface area contributed by atoms with Crippen LogP contribution in [0.4, 0.5) is 15.8 Å². The van der Waals surface area contributed by atoms with E-state index in [0.29, 0.717) is 24.4 Å². The second-order valence-electron chi connectivity index (χ2n) is 4.77. The van der Waals surface area contributed by atoms with E-state index in [2.05, 4.69) is 0 Å². The molecule has 1 fully saturated rings. The quantitative estimate of drug-likeness (QED) is 0.630. The average molecular weight is 312 g/mol. The van der Waals surface area contributed by atoms with Crippen molar-refractivity contribution in [3.8, 4) is 0 Å². The van der Waals surface area contributed by atoms with Gasteiger partial charge in [0.15, 0.2) is 5.12 Å². The maximum Gasteiger partial charge on any atom is 0.304 e. The number of nitro benzene ring substituents is 1. The summed E-state index contributed by atoms with van der Waals surface area (Å²) < 4.78 is 13.6. The molecule has 1 aliphatic heterocycles. The zero-order valence-corrected chi connectivity index (χ0v) is 12.1. The van der Waals surface area contributed by atoms with Gasteiger partial charge in [0.05, 0.1) is 4.92 Å². The SMILES string of the molecule is CC(=O)SCC1CC(=O)N(c2ccc([N+](=O)[O-])c(F)c2)C1. The predicted octanol–water partition coefficient (Wildman–Crippen LogP) is 2.37. The highest BCUT2D eigenvalue weighted by atomic mass is 32.2. The number of nitrogens with zero attached hydrogens (tertiary/aromatic N) is 2. The fraction of sp³-hybridized carbons (Fsp3) is 0.385. The Balaban J connectivity index is 2.12. The minimum Gasteiger partial charge on any atom is -0.312 e. The van der Waals surface area contributed by atoms with E-state index in [1.54, 1.807) is 0 Å². The minimum absolute atomic E-state index is 0.0118. The van der Waals surface area contributed by atoms with Crippen LogP contribution in [0.25, 0.3) is 0 Å². The highest BCUT2D eigenvalue weighted by molar-refractivity contribution is 8.13. The molecule has 1 aromatic rings. The monoisotopic (exact) mass is 312 g/mol. The van der Waals surface area contributed by atoms with E-state index in [1.165, 1.54) is 17.9 Å². The highest BCUT2D eigenvalue weighted by Crippen LogP contribution is 2.30. The van der Waals surface area contributed by atoms with Gasteiger partial charge in [0.25, 0.3) is 0 Å². The van der Waals surface area contributed by atoms with Crippen molar-refractivity contribution < 1.29 is 18.9 Å². The molecule has 1 aromatic carbocycles. The Bertz CT molecular complexity index is 608. The van der Waals surface area contributed by atoms with Gasteiger partial charge in [-0.25, -0.2) is 0 Å². The largest absolute Gasteiger partial charge is 0.312 e.